The van der Waals surface area contributed by atoms with Gasteiger partial charge < -0.3 is 30.1 Å². The Balaban J connectivity index is 1.16. The molecule has 4 aliphatic rings. The largest absolute Gasteiger partial charge is 0.508 e. The minimum Gasteiger partial charge on any atom is -0.508 e. The molecule has 47 heavy (non-hydrogen) atoms. The number of esters is 2. The number of hydrogen-bond acceptors (Lipinski definition) is 10. The van der Waals surface area contributed by atoms with Crippen molar-refractivity contribution in [2.45, 2.75) is 103 Å². The maximum atomic E-state index is 13.5. The highest BCUT2D eigenvalue weighted by Crippen LogP contribution is 2.67. The summed E-state index contributed by atoms with van der Waals surface area (Å²) in [6.45, 7) is 5.13. The summed E-state index contributed by atoms with van der Waals surface area (Å²) in [6, 6.07) is 5.18. The molecule has 0 saturated heterocycles. The molecule has 0 bridgehead atoms. The maximum absolute atomic E-state index is 13.5. The lowest BCUT2D eigenvalue weighted by Crippen LogP contribution is -2.62. The zero-order valence-electron chi connectivity index (χ0n) is 27.5. The number of aliphatic hydroxyl groups is 2. The number of ether oxygens (including phenoxy) is 2. The molecular weight excluding hydrogens is 606 g/mol. The van der Waals surface area contributed by atoms with E-state index in [1.807, 2.05) is 6.92 Å². The Bertz CT molecular complexity index is 1440. The molecule has 8 atom stereocenters. The van der Waals surface area contributed by atoms with Gasteiger partial charge in [-0.25, -0.2) is 4.79 Å². The number of phenolic OH excluding ortho intramolecular Hbond substituents is 1. The summed E-state index contributed by atoms with van der Waals surface area (Å²) in [5.41, 5.74) is -1.17. The van der Waals surface area contributed by atoms with Gasteiger partial charge in [-0.05, 0) is 92.4 Å². The number of aliphatic hydroxyl groups excluding tert-OH is 1. The van der Waals surface area contributed by atoms with E-state index in [2.05, 4.69) is 12.2 Å². The van der Waals surface area contributed by atoms with Crippen molar-refractivity contribution < 1.29 is 48.8 Å². The number of ketones is 2. The van der Waals surface area contributed by atoms with Gasteiger partial charge >= 0.3 is 11.9 Å². The number of aromatic hydroxyl groups is 1. The number of Topliss-reactive ketones (excluding diaryl/α,β-unsaturated/α-hetero) is 1. The van der Waals surface area contributed by atoms with E-state index in [4.69, 9.17) is 9.47 Å². The number of fused-ring (bicyclic) bond motifs is 5. The van der Waals surface area contributed by atoms with Gasteiger partial charge in [0.25, 0.3) is 0 Å². The van der Waals surface area contributed by atoms with Gasteiger partial charge in [0, 0.05) is 24.7 Å². The fourth-order valence-corrected chi connectivity index (χ4v) is 9.27. The van der Waals surface area contributed by atoms with Crippen molar-refractivity contribution in [2.75, 3.05) is 13.2 Å². The lowest BCUT2D eigenvalue weighted by atomic mass is 9.45. The standard InChI is InChI=1S/C36H47NO10/c1-4-46-33(44)27(17-21-5-8-23(38)9-6-21)37-30(42)11-12-31(43)47-20-29(41)36(45)16-14-26-25-10-7-22-18-24(39)13-15-34(22,2)32(25)28(40)19-35(26,36)3/h5-6,8-9,18,25-28,32,38,40,45H,4,7,10-17,19-20H2,1-3H3,(H,37,42)/t25-,26-,27-,28+,32+,34-,35-,36-/m0/s1. The van der Waals surface area contributed by atoms with Crippen LogP contribution in [0.1, 0.15) is 84.1 Å². The number of hydrogen-bond donors (Lipinski definition) is 4. The summed E-state index contributed by atoms with van der Waals surface area (Å²) in [6.07, 6.45) is 4.24. The van der Waals surface area contributed by atoms with Crippen molar-refractivity contribution in [1.82, 2.24) is 5.32 Å². The number of nitrogens with one attached hydrogen (secondary N) is 1. The second kappa shape index (κ2) is 13.5. The van der Waals surface area contributed by atoms with Gasteiger partial charge in [-0.1, -0.05) is 31.6 Å². The molecule has 0 spiro atoms. The van der Waals surface area contributed by atoms with Crippen LogP contribution in [0.5, 0.6) is 5.75 Å². The van der Waals surface area contributed by atoms with Gasteiger partial charge in [0.15, 0.2) is 12.4 Å². The second-order valence-electron chi connectivity index (χ2n) is 14.3. The minimum absolute atomic E-state index is 0.00540. The van der Waals surface area contributed by atoms with Crippen molar-refractivity contribution in [1.29, 1.82) is 0 Å². The fraction of sp³-hybridized carbons (Fsp3) is 0.639. The van der Waals surface area contributed by atoms with Crippen LogP contribution >= 0.6 is 0 Å². The van der Waals surface area contributed by atoms with E-state index in [9.17, 15) is 39.3 Å². The van der Waals surface area contributed by atoms with Crippen molar-refractivity contribution >= 4 is 29.4 Å². The fourth-order valence-electron chi connectivity index (χ4n) is 9.27. The van der Waals surface area contributed by atoms with E-state index >= 15 is 0 Å². The Morgan fingerprint density at radius 1 is 1.02 bits per heavy atom. The summed E-state index contributed by atoms with van der Waals surface area (Å²) in [4.78, 5) is 63.4. The zero-order chi connectivity index (χ0) is 34.1. The molecule has 0 aliphatic heterocycles. The molecule has 1 amide bonds. The van der Waals surface area contributed by atoms with Crippen molar-refractivity contribution in [3.8, 4) is 5.75 Å². The normalized spacial score (nSPS) is 33.4. The molecule has 11 nitrogen and oxygen atoms in total. The Hall–Kier alpha value is -3.57. The molecule has 5 rings (SSSR count). The van der Waals surface area contributed by atoms with E-state index in [1.165, 1.54) is 12.1 Å². The molecule has 4 N–H and O–H groups in total. The number of phenols is 1. The number of rotatable bonds is 11. The average molecular weight is 654 g/mol. The summed E-state index contributed by atoms with van der Waals surface area (Å²) in [7, 11) is 0. The van der Waals surface area contributed by atoms with Crippen LogP contribution in [-0.2, 0) is 39.9 Å². The average Bonchev–Trinajstić information content (AvgIpc) is 3.30. The summed E-state index contributed by atoms with van der Waals surface area (Å²) < 4.78 is 10.3. The van der Waals surface area contributed by atoms with Gasteiger partial charge in [0.2, 0.25) is 11.7 Å². The Labute approximate surface area is 275 Å². The van der Waals surface area contributed by atoms with Crippen LogP contribution in [-0.4, -0.2) is 75.7 Å². The first kappa shape index (κ1) is 34.8. The SMILES string of the molecule is CCOC(=O)[C@H](Cc1ccc(O)cc1)NC(=O)CCC(=O)OCC(=O)[C@@]1(O)CC[C@H]2[C@@H]3CCC4=CC(=O)CC[C@]4(C)[C@H]3[C@H](O)C[C@@]21C. The highest BCUT2D eigenvalue weighted by atomic mass is 16.5. The molecular formula is C36H47NO10. The highest BCUT2D eigenvalue weighted by Gasteiger charge is 2.68. The monoisotopic (exact) mass is 653 g/mol. The third kappa shape index (κ3) is 6.61. The van der Waals surface area contributed by atoms with E-state index in [-0.39, 0.29) is 73.4 Å². The Morgan fingerprint density at radius 3 is 2.45 bits per heavy atom. The van der Waals surface area contributed by atoms with Crippen LogP contribution in [0.25, 0.3) is 0 Å². The van der Waals surface area contributed by atoms with Crippen LogP contribution in [0.4, 0.5) is 0 Å². The number of carbonyl (C=O) groups excluding carboxylic acids is 5. The summed E-state index contributed by atoms with van der Waals surface area (Å²) >= 11 is 0. The van der Waals surface area contributed by atoms with Crippen molar-refractivity contribution in [2.24, 2.45) is 28.6 Å². The number of carbonyl (C=O) groups is 5. The quantitative estimate of drug-likeness (QED) is 0.260. The van der Waals surface area contributed by atoms with Gasteiger partial charge in [-0.2, -0.15) is 0 Å². The number of allylic oxidation sites excluding steroid dienone is 1. The molecule has 0 radical (unpaired) electrons. The Kier molecular flexibility index (Phi) is 9.99. The van der Waals surface area contributed by atoms with Crippen LogP contribution < -0.4 is 5.32 Å². The molecule has 1 aromatic rings. The van der Waals surface area contributed by atoms with Gasteiger partial charge in [0.05, 0.1) is 19.1 Å². The van der Waals surface area contributed by atoms with Crippen LogP contribution in [0.2, 0.25) is 0 Å². The van der Waals surface area contributed by atoms with Gasteiger partial charge in [-0.3, -0.25) is 19.2 Å². The first-order valence-electron chi connectivity index (χ1n) is 16.8. The molecule has 11 heteroatoms. The first-order valence-corrected chi connectivity index (χ1v) is 16.8. The molecule has 0 unspecified atom stereocenters. The molecule has 256 valence electrons. The molecule has 3 saturated carbocycles. The van der Waals surface area contributed by atoms with Crippen LogP contribution in [0.3, 0.4) is 0 Å². The summed E-state index contributed by atoms with van der Waals surface area (Å²) in [5, 5.41) is 35.5. The molecule has 0 heterocycles. The third-order valence-corrected chi connectivity index (χ3v) is 11.7. The zero-order valence-corrected chi connectivity index (χ0v) is 27.5. The van der Waals surface area contributed by atoms with Gasteiger partial charge in [0.1, 0.15) is 17.4 Å². The first-order chi connectivity index (χ1) is 22.2. The topological polar surface area (TPSA) is 177 Å². The second-order valence-corrected chi connectivity index (χ2v) is 14.3. The lowest BCUT2D eigenvalue weighted by molar-refractivity contribution is -0.184. The van der Waals surface area contributed by atoms with Crippen molar-refractivity contribution in [3.05, 3.63) is 41.5 Å². The predicted octanol–water partition coefficient (Wildman–Crippen LogP) is 3.11. The molecule has 3 fully saturated rings. The van der Waals surface area contributed by atoms with Crippen LogP contribution in [0, 0.1) is 28.6 Å². The minimum atomic E-state index is -1.78. The lowest BCUT2D eigenvalue weighted by Gasteiger charge is -2.60. The van der Waals surface area contributed by atoms with E-state index in [0.29, 0.717) is 24.8 Å². The Morgan fingerprint density at radius 2 is 1.74 bits per heavy atom. The van der Waals surface area contributed by atoms with E-state index in [1.54, 1.807) is 25.1 Å². The summed E-state index contributed by atoms with van der Waals surface area (Å²) in [5.74, 6) is -2.40. The molecule has 1 aromatic carbocycles. The molecule has 0 aromatic heterocycles. The molecule has 4 aliphatic carbocycles. The van der Waals surface area contributed by atoms with Crippen molar-refractivity contribution in [3.63, 3.8) is 0 Å². The predicted molar refractivity (Wildman–Crippen MR) is 169 cm³/mol. The van der Waals surface area contributed by atoms with Crippen LogP contribution in [0.15, 0.2) is 35.9 Å². The number of amides is 1. The number of benzene rings is 1. The van der Waals surface area contributed by atoms with E-state index in [0.717, 1.165) is 18.4 Å². The highest BCUT2D eigenvalue weighted by molar-refractivity contribution is 5.92. The maximum Gasteiger partial charge on any atom is 0.328 e. The third-order valence-electron chi connectivity index (χ3n) is 11.7. The van der Waals surface area contributed by atoms with E-state index < -0.39 is 53.4 Å². The van der Waals surface area contributed by atoms with Gasteiger partial charge in [-0.15, -0.1) is 0 Å². The smallest absolute Gasteiger partial charge is 0.328 e.